The van der Waals surface area contributed by atoms with Gasteiger partial charge in [-0.3, -0.25) is 4.72 Å². The summed E-state index contributed by atoms with van der Waals surface area (Å²) in [5.74, 6) is 0.322. The number of anilines is 1. The number of halogens is 1. The number of aromatic nitrogens is 2. The summed E-state index contributed by atoms with van der Waals surface area (Å²) in [5.41, 5.74) is 1.12. The molecule has 1 aromatic carbocycles. The van der Waals surface area contributed by atoms with Gasteiger partial charge in [0, 0.05) is 11.0 Å². The molecule has 0 saturated heterocycles. The molecule has 1 heterocycles. The molecule has 2 N–H and O–H groups in total. The van der Waals surface area contributed by atoms with Crippen LogP contribution < -0.4 is 14.2 Å². The molecule has 0 aliphatic heterocycles. The summed E-state index contributed by atoms with van der Waals surface area (Å²) >= 11 is 3.36. The maximum absolute atomic E-state index is 12.1. The number of nitrogens with zero attached hydrogens (tertiary/aromatic N) is 2. The summed E-state index contributed by atoms with van der Waals surface area (Å²) in [6.45, 7) is 5.70. The van der Waals surface area contributed by atoms with Crippen LogP contribution in [0.25, 0.3) is 11.1 Å². The fraction of sp³-hybridized carbons (Fsp3) is 0.200. The predicted octanol–water partition coefficient (Wildman–Crippen LogP) is 3.08. The molecule has 24 heavy (non-hydrogen) atoms. The molecule has 0 atom stereocenters. The zero-order valence-corrected chi connectivity index (χ0v) is 15.4. The smallest absolute Gasteiger partial charge is 0.300 e. The van der Waals surface area contributed by atoms with Gasteiger partial charge in [0.25, 0.3) is 10.2 Å². The molecule has 0 bridgehead atoms. The summed E-state index contributed by atoms with van der Waals surface area (Å²) in [5, 5.41) is 0. The number of nitrogens with one attached hydrogen (secondary N) is 2. The Morgan fingerprint density at radius 1 is 1.29 bits per heavy atom. The molecule has 9 heteroatoms. The second-order valence-electron chi connectivity index (χ2n) is 4.69. The van der Waals surface area contributed by atoms with Crippen molar-refractivity contribution in [2.24, 2.45) is 0 Å². The molecule has 0 unspecified atom stereocenters. The van der Waals surface area contributed by atoms with Crippen molar-refractivity contribution in [2.75, 3.05) is 11.3 Å². The van der Waals surface area contributed by atoms with Crippen molar-refractivity contribution in [3.8, 4) is 17.0 Å². The lowest BCUT2D eigenvalue weighted by molar-refractivity contribution is 0.464. The molecule has 0 spiro atoms. The number of hydrogen-bond donors (Lipinski definition) is 2. The zero-order chi connectivity index (χ0) is 17.6. The van der Waals surface area contributed by atoms with Crippen LogP contribution in [-0.2, 0) is 10.2 Å². The largest absolute Gasteiger partial charge is 0.447 e. The molecular formula is C15H17BrN4O3S. The SMILES string of the molecule is C=COc1ncnc(NS(=O)(=O)NCCC)c1-c1ccc(Br)cc1. The molecule has 0 radical (unpaired) electrons. The highest BCUT2D eigenvalue weighted by Gasteiger charge is 2.19. The van der Waals surface area contributed by atoms with Crippen LogP contribution in [0.2, 0.25) is 0 Å². The van der Waals surface area contributed by atoms with Gasteiger partial charge in [0.2, 0.25) is 5.88 Å². The Morgan fingerprint density at radius 2 is 2.00 bits per heavy atom. The maximum Gasteiger partial charge on any atom is 0.300 e. The van der Waals surface area contributed by atoms with E-state index in [2.05, 4.69) is 41.9 Å². The highest BCUT2D eigenvalue weighted by atomic mass is 79.9. The first-order chi connectivity index (χ1) is 11.5. The number of rotatable bonds is 8. The van der Waals surface area contributed by atoms with Crippen LogP contribution >= 0.6 is 15.9 Å². The van der Waals surface area contributed by atoms with Gasteiger partial charge in [0.05, 0.1) is 11.8 Å². The first kappa shape index (κ1) is 18.4. The highest BCUT2D eigenvalue weighted by Crippen LogP contribution is 2.34. The van der Waals surface area contributed by atoms with Crippen LogP contribution in [0.1, 0.15) is 13.3 Å². The van der Waals surface area contributed by atoms with Crippen LogP contribution in [0.5, 0.6) is 5.88 Å². The van der Waals surface area contributed by atoms with Crippen molar-refractivity contribution in [1.29, 1.82) is 0 Å². The van der Waals surface area contributed by atoms with E-state index in [1.54, 1.807) is 12.1 Å². The summed E-state index contributed by atoms with van der Waals surface area (Å²) in [4.78, 5) is 8.09. The minimum Gasteiger partial charge on any atom is -0.447 e. The third-order valence-electron chi connectivity index (χ3n) is 2.91. The van der Waals surface area contributed by atoms with E-state index in [0.29, 0.717) is 24.1 Å². The molecular weight excluding hydrogens is 396 g/mol. The van der Waals surface area contributed by atoms with Gasteiger partial charge >= 0.3 is 0 Å². The van der Waals surface area contributed by atoms with Crippen LogP contribution in [0.15, 0.2) is 47.9 Å². The van der Waals surface area contributed by atoms with Gasteiger partial charge in [0.1, 0.15) is 6.33 Å². The van der Waals surface area contributed by atoms with Crippen LogP contribution in [-0.4, -0.2) is 24.9 Å². The first-order valence-electron chi connectivity index (χ1n) is 7.12. The Kier molecular flexibility index (Phi) is 6.29. The van der Waals surface area contributed by atoms with Gasteiger partial charge in [-0.2, -0.15) is 13.1 Å². The van der Waals surface area contributed by atoms with E-state index >= 15 is 0 Å². The Morgan fingerprint density at radius 3 is 2.62 bits per heavy atom. The Hall–Kier alpha value is -1.97. The van der Waals surface area contributed by atoms with Gasteiger partial charge in [-0.15, -0.1) is 0 Å². The molecule has 2 rings (SSSR count). The summed E-state index contributed by atoms with van der Waals surface area (Å²) in [6, 6.07) is 7.26. The number of hydrogen-bond acceptors (Lipinski definition) is 5. The van der Waals surface area contributed by atoms with E-state index in [4.69, 9.17) is 4.74 Å². The Labute approximate surface area is 149 Å². The van der Waals surface area contributed by atoms with E-state index in [1.807, 2.05) is 19.1 Å². The van der Waals surface area contributed by atoms with E-state index < -0.39 is 10.2 Å². The van der Waals surface area contributed by atoms with Crippen molar-refractivity contribution < 1.29 is 13.2 Å². The lowest BCUT2D eigenvalue weighted by Crippen LogP contribution is -2.31. The van der Waals surface area contributed by atoms with Crippen LogP contribution in [0.4, 0.5) is 5.82 Å². The van der Waals surface area contributed by atoms with E-state index in [9.17, 15) is 8.42 Å². The lowest BCUT2D eigenvalue weighted by Gasteiger charge is -2.14. The minimum atomic E-state index is -3.75. The average Bonchev–Trinajstić information content (AvgIpc) is 2.54. The van der Waals surface area contributed by atoms with Crippen molar-refractivity contribution in [2.45, 2.75) is 13.3 Å². The van der Waals surface area contributed by atoms with E-state index in [-0.39, 0.29) is 11.7 Å². The minimum absolute atomic E-state index is 0.118. The number of ether oxygens (including phenoxy) is 1. The second kappa shape index (κ2) is 8.22. The molecule has 7 nitrogen and oxygen atoms in total. The Bertz CT molecular complexity index is 810. The third kappa shape index (κ3) is 4.76. The van der Waals surface area contributed by atoms with Crippen molar-refractivity contribution >= 4 is 32.0 Å². The van der Waals surface area contributed by atoms with Gasteiger partial charge in [0.15, 0.2) is 5.82 Å². The zero-order valence-electron chi connectivity index (χ0n) is 13.0. The lowest BCUT2D eigenvalue weighted by atomic mass is 10.1. The summed E-state index contributed by atoms with van der Waals surface area (Å²) in [7, 11) is -3.75. The fourth-order valence-corrected chi connectivity index (χ4v) is 3.11. The topological polar surface area (TPSA) is 93.2 Å². The van der Waals surface area contributed by atoms with Crippen LogP contribution in [0.3, 0.4) is 0 Å². The first-order valence-corrected chi connectivity index (χ1v) is 9.40. The van der Waals surface area contributed by atoms with E-state index in [0.717, 1.165) is 4.47 Å². The molecule has 2 aromatic rings. The molecule has 0 amide bonds. The van der Waals surface area contributed by atoms with E-state index in [1.165, 1.54) is 12.6 Å². The number of benzene rings is 1. The normalized spacial score (nSPS) is 11.1. The second-order valence-corrected chi connectivity index (χ2v) is 7.11. The predicted molar refractivity (Wildman–Crippen MR) is 96.8 cm³/mol. The molecule has 0 aliphatic rings. The monoisotopic (exact) mass is 412 g/mol. The summed E-state index contributed by atoms with van der Waals surface area (Å²) in [6.07, 6.45) is 3.12. The maximum atomic E-state index is 12.1. The molecule has 0 fully saturated rings. The van der Waals surface area contributed by atoms with Gasteiger partial charge in [-0.05, 0) is 24.1 Å². The molecule has 128 valence electrons. The summed E-state index contributed by atoms with van der Waals surface area (Å²) < 4.78 is 35.3. The Balaban J connectivity index is 2.49. The van der Waals surface area contributed by atoms with Crippen molar-refractivity contribution in [1.82, 2.24) is 14.7 Å². The van der Waals surface area contributed by atoms with Gasteiger partial charge < -0.3 is 4.74 Å². The van der Waals surface area contributed by atoms with Gasteiger partial charge in [-0.1, -0.05) is 41.6 Å². The fourth-order valence-electron chi connectivity index (χ4n) is 1.89. The standard InChI is InChI=1S/C15H17BrN4O3S/c1-3-9-19-24(21,22)20-14-13(11-5-7-12(16)8-6-11)15(23-4-2)18-10-17-14/h4-8,10,19H,2-3,9H2,1H3,(H,17,18,20). The third-order valence-corrected chi connectivity index (χ3v) is 4.49. The van der Waals surface area contributed by atoms with Gasteiger partial charge in [-0.25, -0.2) is 9.97 Å². The molecule has 0 aliphatic carbocycles. The molecule has 1 aromatic heterocycles. The molecule has 0 saturated carbocycles. The van der Waals surface area contributed by atoms with Crippen molar-refractivity contribution in [3.05, 3.63) is 47.9 Å². The quantitative estimate of drug-likeness (QED) is 0.649. The average molecular weight is 413 g/mol. The van der Waals surface area contributed by atoms with Crippen LogP contribution in [0, 0.1) is 0 Å². The van der Waals surface area contributed by atoms with Crippen molar-refractivity contribution in [3.63, 3.8) is 0 Å². The highest BCUT2D eigenvalue weighted by molar-refractivity contribution is 9.10.